The van der Waals surface area contributed by atoms with Crippen LogP contribution in [0.1, 0.15) is 16.1 Å². The number of carbonyl (C=O) groups is 1. The van der Waals surface area contributed by atoms with Gasteiger partial charge in [0.15, 0.2) is 0 Å². The summed E-state index contributed by atoms with van der Waals surface area (Å²) in [6.45, 7) is 0.286. The van der Waals surface area contributed by atoms with Gasteiger partial charge < -0.3 is 5.32 Å². The van der Waals surface area contributed by atoms with E-state index >= 15 is 0 Å². The highest BCUT2D eigenvalue weighted by molar-refractivity contribution is 6.02. The molecule has 28 heavy (non-hydrogen) atoms. The van der Waals surface area contributed by atoms with Crippen molar-refractivity contribution in [3.63, 3.8) is 0 Å². The lowest BCUT2D eigenvalue weighted by Crippen LogP contribution is -2.26. The molecular weight excluding hydrogens is 358 g/mol. The molecule has 1 amide bonds. The molecule has 0 radical (unpaired) electrons. The molecule has 0 unspecified atom stereocenters. The van der Waals surface area contributed by atoms with Gasteiger partial charge in [-0.15, -0.1) is 10.2 Å². The largest absolute Gasteiger partial charge is 0.321 e. The van der Waals surface area contributed by atoms with Crippen LogP contribution in [0.2, 0.25) is 0 Å². The predicted molar refractivity (Wildman–Crippen MR) is 102 cm³/mol. The Bertz CT molecular complexity index is 1150. The minimum atomic E-state index is -0.424. The Balaban J connectivity index is 1.55. The van der Waals surface area contributed by atoms with Gasteiger partial charge >= 0.3 is 0 Å². The Morgan fingerprint density at radius 2 is 1.89 bits per heavy atom. The highest BCUT2D eigenvalue weighted by Crippen LogP contribution is 2.18. The monoisotopic (exact) mass is 373 g/mol. The zero-order valence-corrected chi connectivity index (χ0v) is 14.6. The number of H-pyrrole nitrogens is 1. The number of hydrogen-bond acceptors (Lipinski definition) is 6. The van der Waals surface area contributed by atoms with Crippen LogP contribution >= 0.6 is 0 Å². The van der Waals surface area contributed by atoms with Crippen molar-refractivity contribution < 1.29 is 4.79 Å². The number of aromatic amines is 1. The fourth-order valence-electron chi connectivity index (χ4n) is 2.65. The summed E-state index contributed by atoms with van der Waals surface area (Å²) in [4.78, 5) is 24.7. The van der Waals surface area contributed by atoms with Crippen LogP contribution in [0, 0.1) is 0 Å². The fourth-order valence-corrected chi connectivity index (χ4v) is 2.65. The summed E-state index contributed by atoms with van der Waals surface area (Å²) in [6, 6.07) is 19.2. The van der Waals surface area contributed by atoms with Crippen LogP contribution in [0.15, 0.2) is 71.5 Å². The van der Waals surface area contributed by atoms with Gasteiger partial charge in [-0.3, -0.25) is 9.59 Å². The molecule has 0 bridgehead atoms. The van der Waals surface area contributed by atoms with Crippen molar-refractivity contribution in [1.82, 2.24) is 30.4 Å². The van der Waals surface area contributed by atoms with Gasteiger partial charge in [0.25, 0.3) is 11.5 Å². The third-order valence-electron chi connectivity index (χ3n) is 4.00. The SMILES string of the molecule is O=C(Nc1cccc(-c2nn[nH]n2)c1)c1ccc(=O)n(Cc2ccccc2)n1. The van der Waals surface area contributed by atoms with Gasteiger partial charge in [-0.1, -0.05) is 42.5 Å². The molecule has 0 atom stereocenters. The maximum absolute atomic E-state index is 12.6. The highest BCUT2D eigenvalue weighted by atomic mass is 16.2. The third kappa shape index (κ3) is 3.83. The molecule has 9 nitrogen and oxygen atoms in total. The summed E-state index contributed by atoms with van der Waals surface area (Å²) in [5.41, 5.74) is 2.03. The van der Waals surface area contributed by atoms with Gasteiger partial charge in [-0.05, 0) is 29.0 Å². The minimum Gasteiger partial charge on any atom is -0.321 e. The third-order valence-corrected chi connectivity index (χ3v) is 4.00. The first-order chi connectivity index (χ1) is 13.7. The van der Waals surface area contributed by atoms with Crippen molar-refractivity contribution in [2.75, 3.05) is 5.32 Å². The average Bonchev–Trinajstić information content (AvgIpc) is 3.25. The molecule has 2 aromatic heterocycles. The zero-order valence-electron chi connectivity index (χ0n) is 14.6. The van der Waals surface area contributed by atoms with E-state index in [1.54, 1.807) is 24.3 Å². The second-order valence-corrected chi connectivity index (χ2v) is 5.97. The van der Waals surface area contributed by atoms with E-state index in [0.717, 1.165) is 5.56 Å². The number of amides is 1. The number of nitrogens with one attached hydrogen (secondary N) is 2. The van der Waals surface area contributed by atoms with Gasteiger partial charge in [0.1, 0.15) is 5.69 Å². The molecule has 0 aliphatic heterocycles. The van der Waals surface area contributed by atoms with E-state index in [1.807, 2.05) is 30.3 Å². The van der Waals surface area contributed by atoms with Crippen LogP contribution in [-0.4, -0.2) is 36.3 Å². The summed E-state index contributed by atoms with van der Waals surface area (Å²) in [7, 11) is 0. The standard InChI is InChI=1S/C19H15N7O2/c27-17-10-9-16(23-26(17)12-13-5-2-1-3-6-13)19(28)20-15-8-4-7-14(11-15)18-21-24-25-22-18/h1-11H,12H2,(H,20,28)(H,21,22,24,25). The quantitative estimate of drug-likeness (QED) is 0.550. The van der Waals surface area contributed by atoms with Crippen LogP contribution in [0.4, 0.5) is 5.69 Å². The van der Waals surface area contributed by atoms with E-state index in [1.165, 1.54) is 16.8 Å². The number of rotatable bonds is 5. The summed E-state index contributed by atoms with van der Waals surface area (Å²) in [5.74, 6) is -0.00212. The fraction of sp³-hybridized carbons (Fsp3) is 0.0526. The molecule has 0 aliphatic carbocycles. The normalized spacial score (nSPS) is 10.6. The average molecular weight is 373 g/mol. The van der Waals surface area contributed by atoms with E-state index < -0.39 is 5.91 Å². The summed E-state index contributed by atoms with van der Waals surface area (Å²) in [5, 5.41) is 20.7. The number of benzene rings is 2. The van der Waals surface area contributed by atoms with Gasteiger partial charge in [0.2, 0.25) is 5.82 Å². The molecule has 2 aromatic carbocycles. The predicted octanol–water partition coefficient (Wildman–Crippen LogP) is 1.72. The lowest BCUT2D eigenvalue weighted by molar-refractivity contribution is 0.102. The number of hydrogen-bond donors (Lipinski definition) is 2. The van der Waals surface area contributed by atoms with Crippen molar-refractivity contribution in [1.29, 1.82) is 0 Å². The topological polar surface area (TPSA) is 118 Å². The van der Waals surface area contributed by atoms with Crippen LogP contribution in [0.5, 0.6) is 0 Å². The molecule has 0 saturated carbocycles. The number of anilines is 1. The van der Waals surface area contributed by atoms with Crippen molar-refractivity contribution >= 4 is 11.6 Å². The minimum absolute atomic E-state index is 0.139. The summed E-state index contributed by atoms with van der Waals surface area (Å²) < 4.78 is 1.26. The first kappa shape index (κ1) is 17.3. The zero-order chi connectivity index (χ0) is 19.3. The highest BCUT2D eigenvalue weighted by Gasteiger charge is 2.12. The lowest BCUT2D eigenvalue weighted by Gasteiger charge is -2.08. The number of aromatic nitrogens is 6. The molecule has 4 rings (SSSR count). The Morgan fingerprint density at radius 1 is 1.04 bits per heavy atom. The molecule has 0 fully saturated rings. The molecule has 0 aliphatic rings. The molecule has 2 N–H and O–H groups in total. The summed E-state index contributed by atoms with van der Waals surface area (Å²) >= 11 is 0. The number of carbonyl (C=O) groups excluding carboxylic acids is 1. The van der Waals surface area contributed by atoms with Gasteiger partial charge in [0, 0.05) is 17.3 Å². The van der Waals surface area contributed by atoms with E-state index in [9.17, 15) is 9.59 Å². The van der Waals surface area contributed by atoms with Gasteiger partial charge in [-0.2, -0.15) is 10.3 Å². The maximum atomic E-state index is 12.6. The Morgan fingerprint density at radius 3 is 2.68 bits per heavy atom. The molecule has 2 heterocycles. The van der Waals surface area contributed by atoms with Crippen LogP contribution < -0.4 is 10.9 Å². The Labute approximate surface area is 159 Å². The Hall–Kier alpha value is -4.14. The molecule has 9 heteroatoms. The van der Waals surface area contributed by atoms with Crippen molar-refractivity contribution in [2.45, 2.75) is 6.54 Å². The van der Waals surface area contributed by atoms with Gasteiger partial charge in [0.05, 0.1) is 6.54 Å². The van der Waals surface area contributed by atoms with E-state index in [-0.39, 0.29) is 17.8 Å². The Kier molecular flexibility index (Phi) is 4.70. The lowest BCUT2D eigenvalue weighted by atomic mass is 10.2. The van der Waals surface area contributed by atoms with E-state index in [4.69, 9.17) is 0 Å². The summed E-state index contributed by atoms with van der Waals surface area (Å²) in [6.07, 6.45) is 0. The van der Waals surface area contributed by atoms with Crippen LogP contribution in [0.25, 0.3) is 11.4 Å². The molecule has 0 saturated heterocycles. The van der Waals surface area contributed by atoms with Crippen LogP contribution in [-0.2, 0) is 6.54 Å². The second-order valence-electron chi connectivity index (χ2n) is 5.97. The van der Waals surface area contributed by atoms with Crippen molar-refractivity contribution in [3.05, 3.63) is 88.3 Å². The van der Waals surface area contributed by atoms with Crippen LogP contribution in [0.3, 0.4) is 0 Å². The van der Waals surface area contributed by atoms with E-state index in [2.05, 4.69) is 31.0 Å². The molecular formula is C19H15N7O2. The number of tetrazole rings is 1. The molecule has 0 spiro atoms. The molecule has 4 aromatic rings. The van der Waals surface area contributed by atoms with Crippen molar-refractivity contribution in [3.8, 4) is 11.4 Å². The second kappa shape index (κ2) is 7.62. The van der Waals surface area contributed by atoms with Crippen molar-refractivity contribution in [2.24, 2.45) is 0 Å². The smallest absolute Gasteiger partial charge is 0.276 e. The van der Waals surface area contributed by atoms with E-state index in [0.29, 0.717) is 17.1 Å². The van der Waals surface area contributed by atoms with Gasteiger partial charge in [-0.25, -0.2) is 4.68 Å². The first-order valence-corrected chi connectivity index (χ1v) is 8.46. The number of nitrogens with zero attached hydrogens (tertiary/aromatic N) is 5. The maximum Gasteiger partial charge on any atom is 0.276 e. The molecule has 138 valence electrons. The first-order valence-electron chi connectivity index (χ1n) is 8.46.